The second kappa shape index (κ2) is 7.70. The number of benzene rings is 2. The van der Waals surface area contributed by atoms with Crippen LogP contribution in [0.25, 0.3) is 0 Å². The minimum atomic E-state index is -0.445. The maximum absolute atomic E-state index is 13.8. The maximum atomic E-state index is 13.8. The lowest BCUT2D eigenvalue weighted by Gasteiger charge is -2.08. The quantitative estimate of drug-likeness (QED) is 0.632. The Labute approximate surface area is 156 Å². The number of carbonyl (C=O) groups excluding carboxylic acids is 1. The van der Waals surface area contributed by atoms with Gasteiger partial charge in [0.25, 0.3) is 5.91 Å². The summed E-state index contributed by atoms with van der Waals surface area (Å²) in [6.45, 7) is 6.28. The van der Waals surface area contributed by atoms with Gasteiger partial charge in [0.05, 0.1) is 10.6 Å². The molecule has 0 atom stereocenters. The van der Waals surface area contributed by atoms with Gasteiger partial charge < -0.3 is 10.1 Å². The van der Waals surface area contributed by atoms with Crippen LogP contribution in [0.2, 0.25) is 0 Å². The van der Waals surface area contributed by atoms with E-state index in [-0.39, 0.29) is 11.6 Å². The van der Waals surface area contributed by atoms with Crippen LogP contribution in [0.15, 0.2) is 47.8 Å². The predicted molar refractivity (Wildman–Crippen MR) is 104 cm³/mol. The fourth-order valence-electron chi connectivity index (χ4n) is 2.61. The molecule has 3 aromatic rings. The van der Waals surface area contributed by atoms with Crippen molar-refractivity contribution in [3.05, 3.63) is 80.8 Å². The first kappa shape index (κ1) is 18.1. The highest BCUT2D eigenvalue weighted by molar-refractivity contribution is 7.12. The van der Waals surface area contributed by atoms with Crippen molar-refractivity contribution in [2.45, 2.75) is 27.4 Å². The van der Waals surface area contributed by atoms with E-state index in [0.29, 0.717) is 11.5 Å². The zero-order valence-electron chi connectivity index (χ0n) is 14.9. The molecule has 0 spiro atoms. The highest BCUT2D eigenvalue weighted by Crippen LogP contribution is 2.23. The lowest BCUT2D eigenvalue weighted by molar-refractivity contribution is 0.103. The van der Waals surface area contributed by atoms with E-state index >= 15 is 0 Å². The molecule has 1 aromatic heterocycles. The minimum Gasteiger partial charge on any atom is -0.489 e. The summed E-state index contributed by atoms with van der Waals surface area (Å²) in [5.74, 6) is 0.0609. The number of anilines is 1. The van der Waals surface area contributed by atoms with Gasteiger partial charge >= 0.3 is 0 Å². The van der Waals surface area contributed by atoms with E-state index in [9.17, 15) is 9.18 Å². The van der Waals surface area contributed by atoms with Crippen molar-refractivity contribution in [2.24, 2.45) is 0 Å². The van der Waals surface area contributed by atoms with E-state index < -0.39 is 5.82 Å². The van der Waals surface area contributed by atoms with Crippen molar-refractivity contribution < 1.29 is 13.9 Å². The third-order valence-corrected chi connectivity index (χ3v) is 4.95. The Kier molecular flexibility index (Phi) is 5.38. The Morgan fingerprint density at radius 1 is 1.08 bits per heavy atom. The number of thiophene rings is 1. The lowest BCUT2D eigenvalue weighted by Crippen LogP contribution is -2.11. The van der Waals surface area contributed by atoms with Gasteiger partial charge in [0.15, 0.2) is 0 Å². The van der Waals surface area contributed by atoms with Crippen molar-refractivity contribution in [1.29, 1.82) is 0 Å². The molecule has 0 fully saturated rings. The fraction of sp³-hybridized carbons (Fsp3) is 0.190. The van der Waals surface area contributed by atoms with Crippen LogP contribution >= 0.6 is 11.3 Å². The van der Waals surface area contributed by atoms with E-state index in [1.54, 1.807) is 18.2 Å². The largest absolute Gasteiger partial charge is 0.489 e. The number of rotatable bonds is 5. The normalized spacial score (nSPS) is 10.6. The Morgan fingerprint density at radius 3 is 2.58 bits per heavy atom. The Balaban J connectivity index is 1.65. The van der Waals surface area contributed by atoms with E-state index in [0.717, 1.165) is 22.4 Å². The van der Waals surface area contributed by atoms with Gasteiger partial charge in [-0.05, 0) is 61.5 Å². The zero-order valence-corrected chi connectivity index (χ0v) is 15.7. The number of amides is 1. The summed E-state index contributed by atoms with van der Waals surface area (Å²) in [6, 6.07) is 12.4. The molecule has 1 N–H and O–H groups in total. The van der Waals surface area contributed by atoms with Crippen molar-refractivity contribution in [1.82, 2.24) is 0 Å². The van der Waals surface area contributed by atoms with E-state index in [1.807, 2.05) is 38.3 Å². The van der Waals surface area contributed by atoms with Crippen LogP contribution in [0, 0.1) is 26.6 Å². The number of halogens is 1. The molecule has 0 aliphatic heterocycles. The molecule has 3 rings (SSSR count). The highest BCUT2D eigenvalue weighted by atomic mass is 32.1. The molecule has 0 saturated heterocycles. The standard InChI is InChI=1S/C21H20FNO2S/c1-13-5-7-19(15(3)8-13)25-11-16-10-20(26-12-16)21(24)23-18-9-14(2)4-6-17(18)22/h4-10,12H,11H2,1-3H3,(H,23,24). The van der Waals surface area contributed by atoms with Gasteiger partial charge in [-0.3, -0.25) is 4.79 Å². The van der Waals surface area contributed by atoms with Crippen LogP contribution in [0.1, 0.15) is 31.9 Å². The summed E-state index contributed by atoms with van der Waals surface area (Å²) in [5, 5.41) is 4.51. The van der Waals surface area contributed by atoms with Gasteiger partial charge in [0.2, 0.25) is 0 Å². The average molecular weight is 369 g/mol. The first-order chi connectivity index (χ1) is 12.4. The highest BCUT2D eigenvalue weighted by Gasteiger charge is 2.12. The smallest absolute Gasteiger partial charge is 0.265 e. The topological polar surface area (TPSA) is 38.3 Å². The molecule has 0 unspecified atom stereocenters. The minimum absolute atomic E-state index is 0.191. The molecule has 5 heteroatoms. The second-order valence-corrected chi connectivity index (χ2v) is 7.23. The molecule has 1 amide bonds. The Morgan fingerprint density at radius 2 is 1.81 bits per heavy atom. The van der Waals surface area contributed by atoms with E-state index in [1.165, 1.54) is 23.0 Å². The molecule has 134 valence electrons. The Bertz CT molecular complexity index is 949. The second-order valence-electron chi connectivity index (χ2n) is 6.31. The molecular weight excluding hydrogens is 349 g/mol. The summed E-state index contributed by atoms with van der Waals surface area (Å²) in [4.78, 5) is 12.9. The first-order valence-corrected chi connectivity index (χ1v) is 9.15. The van der Waals surface area contributed by atoms with E-state index in [2.05, 4.69) is 11.4 Å². The first-order valence-electron chi connectivity index (χ1n) is 8.27. The fourth-order valence-corrected chi connectivity index (χ4v) is 3.40. The molecule has 0 saturated carbocycles. The van der Waals surface area contributed by atoms with Crippen molar-refractivity contribution in [3.8, 4) is 5.75 Å². The van der Waals surface area contributed by atoms with Crippen molar-refractivity contribution >= 4 is 22.9 Å². The summed E-state index contributed by atoms with van der Waals surface area (Å²) < 4.78 is 19.6. The molecular formula is C21H20FNO2S. The van der Waals surface area contributed by atoms with Crippen LogP contribution in [-0.2, 0) is 6.61 Å². The third-order valence-electron chi connectivity index (χ3n) is 3.97. The van der Waals surface area contributed by atoms with Crippen LogP contribution < -0.4 is 10.1 Å². The van der Waals surface area contributed by atoms with Gasteiger partial charge in [-0.1, -0.05) is 23.8 Å². The van der Waals surface area contributed by atoms with Crippen molar-refractivity contribution in [3.63, 3.8) is 0 Å². The Hall–Kier alpha value is -2.66. The van der Waals surface area contributed by atoms with Gasteiger partial charge in [0.1, 0.15) is 18.2 Å². The van der Waals surface area contributed by atoms with Gasteiger partial charge in [-0.2, -0.15) is 0 Å². The average Bonchev–Trinajstić information content (AvgIpc) is 3.06. The SMILES string of the molecule is Cc1ccc(OCc2csc(C(=O)Nc3cc(C)ccc3F)c2)c(C)c1. The van der Waals surface area contributed by atoms with Gasteiger partial charge in [-0.25, -0.2) is 4.39 Å². The molecule has 0 radical (unpaired) electrons. The summed E-state index contributed by atoms with van der Waals surface area (Å²) >= 11 is 1.31. The predicted octanol–water partition coefficient (Wildman–Crippen LogP) is 5.64. The molecule has 0 aliphatic rings. The van der Waals surface area contributed by atoms with Crippen LogP contribution in [0.3, 0.4) is 0 Å². The van der Waals surface area contributed by atoms with Crippen LogP contribution in [0.4, 0.5) is 10.1 Å². The summed E-state index contributed by atoms with van der Waals surface area (Å²) in [7, 11) is 0. The molecule has 26 heavy (non-hydrogen) atoms. The zero-order chi connectivity index (χ0) is 18.7. The van der Waals surface area contributed by atoms with Crippen molar-refractivity contribution in [2.75, 3.05) is 5.32 Å². The summed E-state index contributed by atoms with van der Waals surface area (Å²) in [5.41, 5.74) is 4.25. The molecule has 1 heterocycles. The number of hydrogen-bond donors (Lipinski definition) is 1. The number of hydrogen-bond acceptors (Lipinski definition) is 3. The maximum Gasteiger partial charge on any atom is 0.265 e. The van der Waals surface area contributed by atoms with Gasteiger partial charge in [-0.15, -0.1) is 11.3 Å². The number of carbonyl (C=O) groups is 1. The monoisotopic (exact) mass is 369 g/mol. The molecule has 3 nitrogen and oxygen atoms in total. The molecule has 2 aromatic carbocycles. The number of aryl methyl sites for hydroxylation is 3. The van der Waals surface area contributed by atoms with Gasteiger partial charge in [0, 0.05) is 5.56 Å². The van der Waals surface area contributed by atoms with E-state index in [4.69, 9.17) is 4.74 Å². The number of ether oxygens (including phenoxy) is 1. The van der Waals surface area contributed by atoms with Crippen LogP contribution in [0.5, 0.6) is 5.75 Å². The lowest BCUT2D eigenvalue weighted by atomic mass is 10.1. The molecule has 0 bridgehead atoms. The third kappa shape index (κ3) is 4.29. The number of nitrogens with one attached hydrogen (secondary N) is 1. The van der Waals surface area contributed by atoms with Crippen LogP contribution in [-0.4, -0.2) is 5.91 Å². The molecule has 0 aliphatic carbocycles. The summed E-state index contributed by atoms with van der Waals surface area (Å²) in [6.07, 6.45) is 0.